The van der Waals surface area contributed by atoms with Crippen molar-refractivity contribution in [1.82, 2.24) is 24.6 Å². The van der Waals surface area contributed by atoms with Crippen molar-refractivity contribution in [3.8, 4) is 0 Å². The van der Waals surface area contributed by atoms with Gasteiger partial charge in [0, 0.05) is 45.6 Å². The molecule has 1 fully saturated rings. The van der Waals surface area contributed by atoms with Gasteiger partial charge in [0.05, 0.1) is 17.5 Å². The highest BCUT2D eigenvalue weighted by Crippen LogP contribution is 2.16. The number of aryl methyl sites for hydroxylation is 1. The molecular formula is C16H22N6O. The molecule has 0 unspecified atom stereocenters. The molecule has 0 aromatic carbocycles. The van der Waals surface area contributed by atoms with Crippen molar-refractivity contribution in [2.45, 2.75) is 19.8 Å². The van der Waals surface area contributed by atoms with E-state index in [1.807, 2.05) is 16.6 Å². The number of aromatic nitrogens is 4. The lowest BCUT2D eigenvalue weighted by molar-refractivity contribution is 0.0745. The second kappa shape index (κ2) is 6.76. The van der Waals surface area contributed by atoms with Gasteiger partial charge in [0.25, 0.3) is 5.91 Å². The standard InChI is InChI=1S/C16H22N6O/c1-3-5-14-13(12-19-20(14)2)15(23)21-8-10-22(11-9-21)16-17-6-4-7-18-16/h4,6-7,12H,3,5,8-11H2,1-2H3. The van der Waals surface area contributed by atoms with Gasteiger partial charge in [-0.05, 0) is 12.5 Å². The smallest absolute Gasteiger partial charge is 0.257 e. The van der Waals surface area contributed by atoms with E-state index in [1.54, 1.807) is 24.7 Å². The average molecular weight is 314 g/mol. The number of carbonyl (C=O) groups is 1. The van der Waals surface area contributed by atoms with Crippen LogP contribution in [-0.2, 0) is 13.5 Å². The molecule has 1 saturated heterocycles. The maximum atomic E-state index is 12.8. The molecule has 2 aromatic heterocycles. The highest BCUT2D eigenvalue weighted by atomic mass is 16.2. The predicted molar refractivity (Wildman–Crippen MR) is 87.4 cm³/mol. The normalized spacial score (nSPS) is 15.0. The van der Waals surface area contributed by atoms with Crippen LogP contribution in [0, 0.1) is 0 Å². The fourth-order valence-electron chi connectivity index (χ4n) is 2.91. The number of piperazine rings is 1. The van der Waals surface area contributed by atoms with Gasteiger partial charge in [-0.1, -0.05) is 13.3 Å². The molecule has 0 N–H and O–H groups in total. The van der Waals surface area contributed by atoms with Crippen LogP contribution in [-0.4, -0.2) is 56.7 Å². The third-order valence-electron chi connectivity index (χ3n) is 4.18. The van der Waals surface area contributed by atoms with Gasteiger partial charge in [0.2, 0.25) is 5.95 Å². The summed E-state index contributed by atoms with van der Waals surface area (Å²) in [6, 6.07) is 1.81. The minimum atomic E-state index is 0.0789. The maximum absolute atomic E-state index is 12.8. The van der Waals surface area contributed by atoms with Gasteiger partial charge in [-0.3, -0.25) is 9.48 Å². The molecule has 2 aromatic rings. The highest BCUT2D eigenvalue weighted by Gasteiger charge is 2.26. The van der Waals surface area contributed by atoms with Crippen LogP contribution in [0.2, 0.25) is 0 Å². The van der Waals surface area contributed by atoms with Crippen molar-refractivity contribution in [3.63, 3.8) is 0 Å². The summed E-state index contributed by atoms with van der Waals surface area (Å²) < 4.78 is 1.81. The Morgan fingerprint density at radius 1 is 1.17 bits per heavy atom. The first-order valence-corrected chi connectivity index (χ1v) is 8.02. The van der Waals surface area contributed by atoms with E-state index in [-0.39, 0.29) is 5.91 Å². The first kappa shape index (κ1) is 15.5. The predicted octanol–water partition coefficient (Wildman–Crippen LogP) is 1.12. The Kier molecular flexibility index (Phi) is 4.55. The fourth-order valence-corrected chi connectivity index (χ4v) is 2.91. The minimum Gasteiger partial charge on any atom is -0.337 e. The van der Waals surface area contributed by atoms with E-state index in [0.29, 0.717) is 13.1 Å². The molecule has 122 valence electrons. The lowest BCUT2D eigenvalue weighted by Crippen LogP contribution is -2.49. The Hall–Kier alpha value is -2.44. The molecule has 7 nitrogen and oxygen atoms in total. The number of amides is 1. The van der Waals surface area contributed by atoms with Crippen LogP contribution in [0.1, 0.15) is 29.4 Å². The molecule has 7 heteroatoms. The second-order valence-electron chi connectivity index (χ2n) is 5.71. The summed E-state index contributed by atoms with van der Waals surface area (Å²) >= 11 is 0. The monoisotopic (exact) mass is 314 g/mol. The number of hydrogen-bond donors (Lipinski definition) is 0. The van der Waals surface area contributed by atoms with Gasteiger partial charge >= 0.3 is 0 Å². The van der Waals surface area contributed by atoms with Crippen LogP contribution in [0.5, 0.6) is 0 Å². The quantitative estimate of drug-likeness (QED) is 0.846. The summed E-state index contributed by atoms with van der Waals surface area (Å²) in [5.41, 5.74) is 1.75. The number of rotatable bonds is 4. The molecule has 0 spiro atoms. The van der Waals surface area contributed by atoms with Gasteiger partial charge in [-0.25, -0.2) is 9.97 Å². The molecule has 0 bridgehead atoms. The molecular weight excluding hydrogens is 292 g/mol. The van der Waals surface area contributed by atoms with Gasteiger partial charge in [-0.2, -0.15) is 5.10 Å². The molecule has 1 aliphatic heterocycles. The zero-order valence-corrected chi connectivity index (χ0v) is 13.6. The molecule has 3 heterocycles. The molecule has 3 rings (SSSR count). The van der Waals surface area contributed by atoms with Crippen LogP contribution in [0.4, 0.5) is 5.95 Å². The molecule has 1 aliphatic rings. The van der Waals surface area contributed by atoms with Crippen molar-refractivity contribution in [2.24, 2.45) is 7.05 Å². The van der Waals surface area contributed by atoms with E-state index in [0.717, 1.165) is 43.1 Å². The molecule has 0 radical (unpaired) electrons. The molecule has 0 atom stereocenters. The van der Waals surface area contributed by atoms with Crippen molar-refractivity contribution >= 4 is 11.9 Å². The number of anilines is 1. The first-order chi connectivity index (χ1) is 11.2. The summed E-state index contributed by atoms with van der Waals surface area (Å²) in [5.74, 6) is 0.808. The van der Waals surface area contributed by atoms with Gasteiger partial charge in [0.15, 0.2) is 0 Å². The second-order valence-corrected chi connectivity index (χ2v) is 5.71. The number of nitrogens with zero attached hydrogens (tertiary/aromatic N) is 6. The number of hydrogen-bond acceptors (Lipinski definition) is 5. The van der Waals surface area contributed by atoms with Crippen molar-refractivity contribution in [1.29, 1.82) is 0 Å². The van der Waals surface area contributed by atoms with Crippen molar-refractivity contribution in [3.05, 3.63) is 35.9 Å². The molecule has 0 aliphatic carbocycles. The summed E-state index contributed by atoms with van der Waals surface area (Å²) in [5, 5.41) is 4.25. The number of carbonyl (C=O) groups excluding carboxylic acids is 1. The SMILES string of the molecule is CCCc1c(C(=O)N2CCN(c3ncccn3)CC2)cnn1C. The Labute approximate surface area is 135 Å². The van der Waals surface area contributed by atoms with Crippen LogP contribution in [0.15, 0.2) is 24.7 Å². The Morgan fingerprint density at radius 3 is 2.52 bits per heavy atom. The van der Waals surface area contributed by atoms with E-state index in [1.165, 1.54) is 0 Å². The summed E-state index contributed by atoms with van der Waals surface area (Å²) in [6.07, 6.45) is 7.05. The molecule has 0 saturated carbocycles. The maximum Gasteiger partial charge on any atom is 0.257 e. The van der Waals surface area contributed by atoms with Crippen LogP contribution in [0.25, 0.3) is 0 Å². The molecule has 23 heavy (non-hydrogen) atoms. The third kappa shape index (κ3) is 3.18. The minimum absolute atomic E-state index is 0.0789. The van der Waals surface area contributed by atoms with E-state index in [4.69, 9.17) is 0 Å². The lowest BCUT2D eigenvalue weighted by atomic mass is 10.1. The Balaban J connectivity index is 1.67. The van der Waals surface area contributed by atoms with Crippen molar-refractivity contribution in [2.75, 3.05) is 31.1 Å². The average Bonchev–Trinajstić information content (AvgIpc) is 2.96. The lowest BCUT2D eigenvalue weighted by Gasteiger charge is -2.34. The van der Waals surface area contributed by atoms with E-state index in [9.17, 15) is 4.79 Å². The summed E-state index contributed by atoms with van der Waals surface area (Å²) in [4.78, 5) is 25.3. The van der Waals surface area contributed by atoms with Crippen molar-refractivity contribution < 1.29 is 4.79 Å². The topological polar surface area (TPSA) is 67.2 Å². The van der Waals surface area contributed by atoms with E-state index in [2.05, 4.69) is 26.9 Å². The van der Waals surface area contributed by atoms with Gasteiger partial charge < -0.3 is 9.80 Å². The third-order valence-corrected chi connectivity index (χ3v) is 4.18. The van der Waals surface area contributed by atoms with Gasteiger partial charge in [-0.15, -0.1) is 0 Å². The zero-order chi connectivity index (χ0) is 16.2. The largest absolute Gasteiger partial charge is 0.337 e. The Bertz CT molecular complexity index is 660. The summed E-state index contributed by atoms with van der Waals surface area (Å²) in [7, 11) is 1.90. The van der Waals surface area contributed by atoms with Crippen LogP contribution >= 0.6 is 0 Å². The van der Waals surface area contributed by atoms with E-state index < -0.39 is 0 Å². The van der Waals surface area contributed by atoms with Gasteiger partial charge in [0.1, 0.15) is 0 Å². The fraction of sp³-hybridized carbons (Fsp3) is 0.500. The first-order valence-electron chi connectivity index (χ1n) is 8.02. The zero-order valence-electron chi connectivity index (χ0n) is 13.6. The van der Waals surface area contributed by atoms with E-state index >= 15 is 0 Å². The Morgan fingerprint density at radius 2 is 1.87 bits per heavy atom. The van der Waals surface area contributed by atoms with Crippen LogP contribution in [0.3, 0.4) is 0 Å². The van der Waals surface area contributed by atoms with Crippen LogP contribution < -0.4 is 4.90 Å². The summed E-state index contributed by atoms with van der Waals surface area (Å²) in [6.45, 7) is 4.97. The molecule has 1 amide bonds. The highest BCUT2D eigenvalue weighted by molar-refractivity contribution is 5.95.